The van der Waals surface area contributed by atoms with Crippen molar-refractivity contribution in [1.29, 1.82) is 0 Å². The summed E-state index contributed by atoms with van der Waals surface area (Å²) in [5, 5.41) is 0. The van der Waals surface area contributed by atoms with Gasteiger partial charge in [0, 0.05) is 19.1 Å². The van der Waals surface area contributed by atoms with Crippen molar-refractivity contribution < 1.29 is 0 Å². The van der Waals surface area contributed by atoms with Crippen molar-refractivity contribution in [3.05, 3.63) is 108 Å². The average molecular weight is 329 g/mol. The molecular formula is C24H27N. The van der Waals surface area contributed by atoms with Crippen LogP contribution in [0.2, 0.25) is 0 Å². The Labute approximate surface area is 151 Å². The van der Waals surface area contributed by atoms with Gasteiger partial charge in [0.1, 0.15) is 0 Å². The SMILES string of the molecule is CCCC(c1ccccc1)N(Cc1ccccc1)Cc1ccccc1. The molecule has 0 heterocycles. The van der Waals surface area contributed by atoms with E-state index in [2.05, 4.69) is 103 Å². The van der Waals surface area contributed by atoms with Crippen LogP contribution in [0.1, 0.15) is 42.5 Å². The first-order chi connectivity index (χ1) is 12.4. The predicted molar refractivity (Wildman–Crippen MR) is 106 cm³/mol. The maximum atomic E-state index is 2.61. The highest BCUT2D eigenvalue weighted by Gasteiger charge is 2.20. The Morgan fingerprint density at radius 1 is 0.640 bits per heavy atom. The minimum Gasteiger partial charge on any atom is -0.288 e. The van der Waals surface area contributed by atoms with Crippen LogP contribution in [0.4, 0.5) is 0 Å². The Bertz CT molecular complexity index is 680. The number of rotatable bonds is 8. The summed E-state index contributed by atoms with van der Waals surface area (Å²) < 4.78 is 0. The Morgan fingerprint density at radius 2 is 1.08 bits per heavy atom. The van der Waals surface area contributed by atoms with Crippen LogP contribution >= 0.6 is 0 Å². The molecule has 3 aromatic carbocycles. The number of nitrogens with zero attached hydrogens (tertiary/aromatic N) is 1. The third kappa shape index (κ3) is 5.04. The highest BCUT2D eigenvalue weighted by atomic mass is 15.2. The van der Waals surface area contributed by atoms with Crippen LogP contribution in [0.5, 0.6) is 0 Å². The fourth-order valence-corrected chi connectivity index (χ4v) is 3.42. The molecule has 0 bridgehead atoms. The molecule has 1 nitrogen and oxygen atoms in total. The largest absolute Gasteiger partial charge is 0.288 e. The van der Waals surface area contributed by atoms with Gasteiger partial charge in [0.2, 0.25) is 0 Å². The van der Waals surface area contributed by atoms with Gasteiger partial charge >= 0.3 is 0 Å². The summed E-state index contributed by atoms with van der Waals surface area (Å²) in [6.45, 7) is 4.21. The highest BCUT2D eigenvalue weighted by molar-refractivity contribution is 5.22. The van der Waals surface area contributed by atoms with E-state index in [-0.39, 0.29) is 0 Å². The molecule has 0 radical (unpaired) electrons. The van der Waals surface area contributed by atoms with Crippen molar-refractivity contribution in [1.82, 2.24) is 4.90 Å². The molecule has 3 rings (SSSR count). The lowest BCUT2D eigenvalue weighted by Crippen LogP contribution is -2.28. The van der Waals surface area contributed by atoms with Gasteiger partial charge < -0.3 is 0 Å². The van der Waals surface area contributed by atoms with Crippen molar-refractivity contribution in [2.45, 2.75) is 38.9 Å². The normalized spacial score (nSPS) is 12.2. The van der Waals surface area contributed by atoms with Gasteiger partial charge in [-0.1, -0.05) is 104 Å². The van der Waals surface area contributed by atoms with Crippen LogP contribution in [-0.4, -0.2) is 4.90 Å². The van der Waals surface area contributed by atoms with Gasteiger partial charge in [-0.2, -0.15) is 0 Å². The molecule has 0 aromatic heterocycles. The summed E-state index contributed by atoms with van der Waals surface area (Å²) >= 11 is 0. The molecule has 0 N–H and O–H groups in total. The summed E-state index contributed by atoms with van der Waals surface area (Å²) in [6, 6.07) is 33.0. The van der Waals surface area contributed by atoms with E-state index in [4.69, 9.17) is 0 Å². The number of hydrogen-bond donors (Lipinski definition) is 0. The Morgan fingerprint density at radius 3 is 1.52 bits per heavy atom. The molecule has 128 valence electrons. The molecule has 0 saturated carbocycles. The van der Waals surface area contributed by atoms with E-state index in [9.17, 15) is 0 Å². The topological polar surface area (TPSA) is 3.24 Å². The van der Waals surface area contributed by atoms with Gasteiger partial charge in [0.25, 0.3) is 0 Å². The molecule has 0 spiro atoms. The van der Waals surface area contributed by atoms with Crippen molar-refractivity contribution in [3.63, 3.8) is 0 Å². The summed E-state index contributed by atoms with van der Waals surface area (Å²) in [7, 11) is 0. The maximum absolute atomic E-state index is 2.61. The molecule has 0 aliphatic heterocycles. The maximum Gasteiger partial charge on any atom is 0.0355 e. The smallest absolute Gasteiger partial charge is 0.0355 e. The van der Waals surface area contributed by atoms with Crippen molar-refractivity contribution >= 4 is 0 Å². The van der Waals surface area contributed by atoms with E-state index in [0.29, 0.717) is 6.04 Å². The van der Waals surface area contributed by atoms with Gasteiger partial charge in [-0.3, -0.25) is 4.90 Å². The lowest BCUT2D eigenvalue weighted by Gasteiger charge is -2.32. The minimum atomic E-state index is 0.437. The first-order valence-corrected chi connectivity index (χ1v) is 9.23. The molecule has 25 heavy (non-hydrogen) atoms. The van der Waals surface area contributed by atoms with E-state index in [1.165, 1.54) is 29.5 Å². The summed E-state index contributed by atoms with van der Waals surface area (Å²) in [4.78, 5) is 2.61. The van der Waals surface area contributed by atoms with Crippen LogP contribution in [0.25, 0.3) is 0 Å². The van der Waals surface area contributed by atoms with E-state index < -0.39 is 0 Å². The zero-order valence-electron chi connectivity index (χ0n) is 15.0. The molecule has 0 aliphatic carbocycles. The standard InChI is InChI=1S/C24H27N/c1-2-12-24(23-17-10-5-11-18-23)25(19-21-13-6-3-7-14-21)20-22-15-8-4-9-16-22/h3-11,13-18,24H,2,12,19-20H2,1H3. The second kappa shape index (κ2) is 9.19. The lowest BCUT2D eigenvalue weighted by molar-refractivity contribution is 0.168. The predicted octanol–water partition coefficient (Wildman–Crippen LogP) is 6.23. The average Bonchev–Trinajstić information content (AvgIpc) is 2.68. The van der Waals surface area contributed by atoms with Crippen LogP contribution in [0.3, 0.4) is 0 Å². The molecule has 0 amide bonds. The van der Waals surface area contributed by atoms with Crippen LogP contribution in [0.15, 0.2) is 91.0 Å². The van der Waals surface area contributed by atoms with E-state index in [1.807, 2.05) is 0 Å². The lowest BCUT2D eigenvalue weighted by atomic mass is 9.99. The summed E-state index contributed by atoms with van der Waals surface area (Å²) in [5.41, 5.74) is 4.15. The first kappa shape index (κ1) is 17.4. The monoisotopic (exact) mass is 329 g/mol. The fraction of sp³-hybridized carbons (Fsp3) is 0.250. The van der Waals surface area contributed by atoms with Crippen LogP contribution < -0.4 is 0 Å². The summed E-state index contributed by atoms with van der Waals surface area (Å²) in [5.74, 6) is 0. The zero-order chi connectivity index (χ0) is 17.3. The van der Waals surface area contributed by atoms with Crippen LogP contribution in [0, 0.1) is 0 Å². The van der Waals surface area contributed by atoms with Crippen molar-refractivity contribution in [3.8, 4) is 0 Å². The third-order valence-corrected chi connectivity index (χ3v) is 4.64. The summed E-state index contributed by atoms with van der Waals surface area (Å²) in [6.07, 6.45) is 2.35. The fourth-order valence-electron chi connectivity index (χ4n) is 3.42. The van der Waals surface area contributed by atoms with Gasteiger partial charge in [0.15, 0.2) is 0 Å². The quantitative estimate of drug-likeness (QED) is 0.473. The Balaban J connectivity index is 1.89. The van der Waals surface area contributed by atoms with Gasteiger partial charge in [-0.15, -0.1) is 0 Å². The Kier molecular flexibility index (Phi) is 6.42. The molecule has 0 aliphatic rings. The van der Waals surface area contributed by atoms with Gasteiger partial charge in [-0.25, -0.2) is 0 Å². The van der Waals surface area contributed by atoms with Gasteiger partial charge in [0.05, 0.1) is 0 Å². The molecule has 1 unspecified atom stereocenters. The second-order valence-corrected chi connectivity index (χ2v) is 6.59. The zero-order valence-corrected chi connectivity index (χ0v) is 15.0. The molecule has 1 heteroatoms. The second-order valence-electron chi connectivity index (χ2n) is 6.59. The third-order valence-electron chi connectivity index (χ3n) is 4.64. The van der Waals surface area contributed by atoms with Gasteiger partial charge in [-0.05, 0) is 23.1 Å². The van der Waals surface area contributed by atoms with Crippen molar-refractivity contribution in [2.75, 3.05) is 0 Å². The molecule has 1 atom stereocenters. The van der Waals surface area contributed by atoms with E-state index in [0.717, 1.165) is 13.1 Å². The van der Waals surface area contributed by atoms with Crippen molar-refractivity contribution in [2.24, 2.45) is 0 Å². The number of benzene rings is 3. The Hall–Kier alpha value is -2.38. The van der Waals surface area contributed by atoms with E-state index >= 15 is 0 Å². The minimum absolute atomic E-state index is 0.437. The first-order valence-electron chi connectivity index (χ1n) is 9.23. The molecule has 3 aromatic rings. The number of hydrogen-bond acceptors (Lipinski definition) is 1. The van der Waals surface area contributed by atoms with E-state index in [1.54, 1.807) is 0 Å². The van der Waals surface area contributed by atoms with Crippen LogP contribution in [-0.2, 0) is 13.1 Å². The molecule has 0 saturated heterocycles. The highest BCUT2D eigenvalue weighted by Crippen LogP contribution is 2.29. The molecule has 0 fully saturated rings. The molecular weight excluding hydrogens is 302 g/mol.